The molecule has 2 N–H and O–H groups in total. The fourth-order valence-electron chi connectivity index (χ4n) is 2.80. The number of nitro groups is 1. The van der Waals surface area contributed by atoms with Crippen molar-refractivity contribution in [3.05, 3.63) is 76.9 Å². The number of nitro benzene ring substituents is 1. The molecule has 0 radical (unpaired) electrons. The van der Waals surface area contributed by atoms with E-state index < -0.39 is 4.92 Å². The highest BCUT2D eigenvalue weighted by atomic mass is 79.9. The highest BCUT2D eigenvalue weighted by molar-refractivity contribution is 5.95. The second-order valence-corrected chi connectivity index (χ2v) is 5.56. The smallest absolute Gasteiger partial charge is 0.356 e. The van der Waals surface area contributed by atoms with Crippen molar-refractivity contribution in [3.8, 4) is 0 Å². The standard InChI is InChI=1S/C18H16N4O3.BrH/c1-2-11-20-15-5-3-4-6-16(15)21(18(20)19)12-17(23)13-7-9-14(10-8-13)22(24)25;/h2-10,19H,1,11-12H2;1H. The zero-order valence-electron chi connectivity index (χ0n) is 13.8. The Labute approximate surface area is 160 Å². The summed E-state index contributed by atoms with van der Waals surface area (Å²) in [4.78, 5) is 22.8. The van der Waals surface area contributed by atoms with Crippen LogP contribution < -0.4 is 27.3 Å². The Morgan fingerprint density at radius 1 is 1.23 bits per heavy atom. The number of rotatable bonds is 6. The number of hydrogen-bond acceptors (Lipinski definition) is 4. The molecule has 26 heavy (non-hydrogen) atoms. The van der Waals surface area contributed by atoms with Gasteiger partial charge in [-0.1, -0.05) is 24.8 Å². The number of fused-ring (bicyclic) bond motifs is 1. The minimum Gasteiger partial charge on any atom is -1.00 e. The van der Waals surface area contributed by atoms with Gasteiger partial charge in [0, 0.05) is 17.7 Å². The van der Waals surface area contributed by atoms with Crippen molar-refractivity contribution in [2.75, 3.05) is 5.73 Å². The molecule has 134 valence electrons. The van der Waals surface area contributed by atoms with E-state index in [1.807, 2.05) is 28.8 Å². The molecule has 0 aliphatic rings. The molecule has 3 rings (SSSR count). The number of nitrogen functional groups attached to an aromatic ring is 1. The molecule has 0 bridgehead atoms. The van der Waals surface area contributed by atoms with Gasteiger partial charge in [-0.25, -0.2) is 9.13 Å². The molecular formula is C18H17BrN4O3. The SMILES string of the molecule is C=CCn1c(N)[n+](CC(=O)c2ccc([N+](=O)[O-])cc2)c2ccccc21.[Br-]. The second-order valence-electron chi connectivity index (χ2n) is 5.56. The third-order valence-corrected chi connectivity index (χ3v) is 4.03. The van der Waals surface area contributed by atoms with E-state index in [-0.39, 0.29) is 35.0 Å². The fraction of sp³-hybridized carbons (Fsp3) is 0.111. The fourth-order valence-corrected chi connectivity index (χ4v) is 2.80. The molecule has 1 heterocycles. The molecule has 7 nitrogen and oxygen atoms in total. The van der Waals surface area contributed by atoms with Crippen molar-refractivity contribution in [2.24, 2.45) is 0 Å². The van der Waals surface area contributed by atoms with E-state index in [1.165, 1.54) is 24.3 Å². The molecule has 2 aromatic carbocycles. The topological polar surface area (TPSA) is 95.0 Å². The van der Waals surface area contributed by atoms with Gasteiger partial charge in [-0.15, -0.1) is 0 Å². The van der Waals surface area contributed by atoms with Crippen LogP contribution in [0, 0.1) is 10.1 Å². The van der Waals surface area contributed by atoms with Crippen LogP contribution >= 0.6 is 0 Å². The first-order valence-corrected chi connectivity index (χ1v) is 7.68. The van der Waals surface area contributed by atoms with Crippen LogP contribution in [0.15, 0.2) is 61.2 Å². The minimum absolute atomic E-state index is 0. The largest absolute Gasteiger partial charge is 1.00 e. The maximum Gasteiger partial charge on any atom is 0.356 e. The second kappa shape index (κ2) is 7.92. The summed E-state index contributed by atoms with van der Waals surface area (Å²) in [6, 6.07) is 13.2. The van der Waals surface area contributed by atoms with Gasteiger partial charge < -0.3 is 17.0 Å². The molecule has 0 amide bonds. The summed E-state index contributed by atoms with van der Waals surface area (Å²) in [7, 11) is 0. The molecule has 1 aromatic heterocycles. The van der Waals surface area contributed by atoms with Crippen molar-refractivity contribution in [1.82, 2.24) is 4.57 Å². The minimum atomic E-state index is -0.496. The van der Waals surface area contributed by atoms with Gasteiger partial charge in [0.15, 0.2) is 5.78 Å². The number of Topliss-reactive ketones (excluding diaryl/α,β-unsaturated/α-hetero) is 1. The van der Waals surface area contributed by atoms with Crippen molar-refractivity contribution in [2.45, 2.75) is 13.1 Å². The Morgan fingerprint density at radius 3 is 2.50 bits per heavy atom. The number of hydrogen-bond donors (Lipinski definition) is 1. The van der Waals surface area contributed by atoms with Crippen molar-refractivity contribution in [3.63, 3.8) is 0 Å². The number of carbonyl (C=O) groups excluding carboxylic acids is 1. The first-order chi connectivity index (χ1) is 12.0. The average Bonchev–Trinajstić information content (AvgIpc) is 2.88. The van der Waals surface area contributed by atoms with E-state index in [4.69, 9.17) is 5.73 Å². The van der Waals surface area contributed by atoms with Gasteiger partial charge in [-0.05, 0) is 24.3 Å². The van der Waals surface area contributed by atoms with Crippen LogP contribution in [0.5, 0.6) is 0 Å². The predicted octanol–water partition coefficient (Wildman–Crippen LogP) is -0.508. The van der Waals surface area contributed by atoms with Gasteiger partial charge in [0.25, 0.3) is 5.69 Å². The zero-order valence-corrected chi connectivity index (χ0v) is 15.4. The molecule has 0 atom stereocenters. The van der Waals surface area contributed by atoms with Crippen LogP contribution in [0.4, 0.5) is 11.6 Å². The Morgan fingerprint density at radius 2 is 1.88 bits per heavy atom. The highest BCUT2D eigenvalue weighted by Crippen LogP contribution is 2.17. The van der Waals surface area contributed by atoms with Crippen LogP contribution in [0.1, 0.15) is 10.4 Å². The number of carbonyl (C=O) groups is 1. The maximum absolute atomic E-state index is 12.6. The molecule has 0 spiro atoms. The molecule has 3 aromatic rings. The number of non-ortho nitro benzene ring substituents is 1. The molecule has 0 fully saturated rings. The van der Waals surface area contributed by atoms with Crippen LogP contribution in [0.3, 0.4) is 0 Å². The average molecular weight is 417 g/mol. The quantitative estimate of drug-likeness (QED) is 0.192. The Balaban J connectivity index is 0.00000243. The van der Waals surface area contributed by atoms with Crippen molar-refractivity contribution in [1.29, 1.82) is 0 Å². The van der Waals surface area contributed by atoms with Crippen LogP contribution in [0.25, 0.3) is 11.0 Å². The van der Waals surface area contributed by atoms with E-state index in [2.05, 4.69) is 6.58 Å². The lowest BCUT2D eigenvalue weighted by molar-refractivity contribution is -0.642. The lowest BCUT2D eigenvalue weighted by atomic mass is 10.1. The monoisotopic (exact) mass is 416 g/mol. The Bertz CT molecular complexity index is 980. The summed E-state index contributed by atoms with van der Waals surface area (Å²) in [5, 5.41) is 10.7. The number of aromatic nitrogens is 2. The summed E-state index contributed by atoms with van der Waals surface area (Å²) in [5.41, 5.74) is 8.34. The third kappa shape index (κ3) is 3.50. The van der Waals surface area contributed by atoms with E-state index >= 15 is 0 Å². The normalized spacial score (nSPS) is 10.3. The molecule has 8 heteroatoms. The molecule has 0 unspecified atom stereocenters. The highest BCUT2D eigenvalue weighted by Gasteiger charge is 2.22. The van der Waals surface area contributed by atoms with Gasteiger partial charge in [-0.3, -0.25) is 20.6 Å². The van der Waals surface area contributed by atoms with E-state index in [1.54, 1.807) is 10.6 Å². The van der Waals surface area contributed by atoms with E-state index in [9.17, 15) is 14.9 Å². The number of nitrogens with two attached hydrogens (primary N) is 1. The number of allylic oxidation sites excluding steroid dienone is 1. The summed E-state index contributed by atoms with van der Waals surface area (Å²) >= 11 is 0. The first kappa shape index (κ1) is 19.3. The van der Waals surface area contributed by atoms with Crippen LogP contribution in [-0.4, -0.2) is 15.3 Å². The number of imidazole rings is 1. The Hall–Kier alpha value is -3.00. The summed E-state index contributed by atoms with van der Waals surface area (Å²) < 4.78 is 3.62. The number of benzene rings is 2. The molecule has 0 aliphatic carbocycles. The number of ketones is 1. The molecular weight excluding hydrogens is 400 g/mol. The lowest BCUT2D eigenvalue weighted by Crippen LogP contribution is -3.00. The lowest BCUT2D eigenvalue weighted by Gasteiger charge is -2.02. The number of halogens is 1. The first-order valence-electron chi connectivity index (χ1n) is 7.68. The van der Waals surface area contributed by atoms with Crippen molar-refractivity contribution < 1.29 is 31.3 Å². The van der Waals surface area contributed by atoms with Crippen LogP contribution in [-0.2, 0) is 13.1 Å². The van der Waals surface area contributed by atoms with Gasteiger partial charge >= 0.3 is 5.95 Å². The maximum atomic E-state index is 12.6. The van der Waals surface area contributed by atoms with E-state index in [0.29, 0.717) is 18.1 Å². The molecule has 0 aliphatic heterocycles. The van der Waals surface area contributed by atoms with Crippen LogP contribution in [0.2, 0.25) is 0 Å². The van der Waals surface area contributed by atoms with Gasteiger partial charge in [0.2, 0.25) is 0 Å². The predicted molar refractivity (Wildman–Crippen MR) is 94.2 cm³/mol. The summed E-state index contributed by atoms with van der Waals surface area (Å²) in [6.07, 6.45) is 1.74. The third-order valence-electron chi connectivity index (χ3n) is 4.03. The van der Waals surface area contributed by atoms with Gasteiger partial charge in [-0.2, -0.15) is 0 Å². The van der Waals surface area contributed by atoms with Gasteiger partial charge in [0.05, 0.1) is 11.5 Å². The Kier molecular flexibility index (Phi) is 5.89. The molecule has 0 saturated carbocycles. The van der Waals surface area contributed by atoms with Crippen molar-refractivity contribution >= 4 is 28.5 Å². The number of anilines is 1. The summed E-state index contributed by atoms with van der Waals surface area (Å²) in [5.74, 6) is 0.282. The summed E-state index contributed by atoms with van der Waals surface area (Å²) in [6.45, 7) is 4.32. The van der Waals surface area contributed by atoms with Gasteiger partial charge in [0.1, 0.15) is 17.6 Å². The molecule has 0 saturated heterocycles. The number of nitrogens with zero attached hydrogens (tertiary/aromatic N) is 3. The zero-order chi connectivity index (χ0) is 18.0. The van der Waals surface area contributed by atoms with E-state index in [0.717, 1.165) is 11.0 Å². The number of para-hydroxylation sites is 2.